The SMILES string of the molecule is O=P(O)(O)CS(=O)(=O)C[C@H]1O[C@@H](n2ncc3c(NC4CCC5CC54)cc(Cl)nc32)[C@H](O)[C@@H]1O. The zero-order chi connectivity index (χ0) is 23.7. The minimum Gasteiger partial charge on any atom is -0.387 e. The molecule has 2 aromatic heterocycles. The fraction of sp³-hybridized carbons (Fsp3) is 0.667. The summed E-state index contributed by atoms with van der Waals surface area (Å²) in [6.07, 6.45) is -0.868. The number of halogens is 1. The van der Waals surface area contributed by atoms with E-state index in [0.717, 1.165) is 18.0 Å². The Morgan fingerprint density at radius 1 is 1.27 bits per heavy atom. The maximum Gasteiger partial charge on any atom is 0.340 e. The number of fused-ring (bicyclic) bond motifs is 2. The first kappa shape index (κ1) is 23.4. The Balaban J connectivity index is 1.40. The van der Waals surface area contributed by atoms with Gasteiger partial charge in [-0.15, -0.1) is 0 Å². The highest BCUT2D eigenvalue weighted by atomic mass is 35.5. The molecule has 2 aliphatic carbocycles. The molecule has 5 N–H and O–H groups in total. The maximum absolute atomic E-state index is 12.1. The van der Waals surface area contributed by atoms with Crippen molar-refractivity contribution in [2.24, 2.45) is 11.8 Å². The van der Waals surface area contributed by atoms with E-state index in [1.54, 1.807) is 6.07 Å². The summed E-state index contributed by atoms with van der Waals surface area (Å²) in [5, 5.41) is 29.5. The molecule has 1 saturated heterocycles. The lowest BCUT2D eigenvalue weighted by Gasteiger charge is -2.18. The predicted octanol–water partition coefficient (Wildman–Crippen LogP) is 0.464. The highest BCUT2D eigenvalue weighted by molar-refractivity contribution is 7.97. The summed E-state index contributed by atoms with van der Waals surface area (Å²) in [6, 6.07) is 2.03. The number of aromatic nitrogens is 3. The second-order valence-corrected chi connectivity index (χ2v) is 13.6. The van der Waals surface area contributed by atoms with Crippen LogP contribution in [0, 0.1) is 11.8 Å². The first-order chi connectivity index (χ1) is 15.4. The molecule has 0 spiro atoms. The number of sulfone groups is 1. The van der Waals surface area contributed by atoms with Gasteiger partial charge < -0.3 is 30.1 Å². The van der Waals surface area contributed by atoms with Crippen molar-refractivity contribution in [3.8, 4) is 0 Å². The number of nitrogens with one attached hydrogen (secondary N) is 1. The van der Waals surface area contributed by atoms with Crippen molar-refractivity contribution in [1.82, 2.24) is 14.8 Å². The molecule has 0 radical (unpaired) electrons. The van der Waals surface area contributed by atoms with Crippen LogP contribution in [-0.2, 0) is 19.1 Å². The molecule has 1 aliphatic heterocycles. The van der Waals surface area contributed by atoms with Gasteiger partial charge in [0.1, 0.15) is 23.5 Å². The van der Waals surface area contributed by atoms with Crippen LogP contribution >= 0.6 is 19.2 Å². The van der Waals surface area contributed by atoms with E-state index in [0.29, 0.717) is 17.3 Å². The van der Waals surface area contributed by atoms with Crippen LogP contribution in [-0.4, -0.2) is 78.8 Å². The number of rotatable bonds is 7. The zero-order valence-corrected chi connectivity index (χ0v) is 19.7. The summed E-state index contributed by atoms with van der Waals surface area (Å²) >= 11 is 6.24. The fourth-order valence-electron chi connectivity index (χ4n) is 5.00. The van der Waals surface area contributed by atoms with Gasteiger partial charge in [0.05, 0.1) is 23.0 Å². The molecule has 0 aromatic carbocycles. The van der Waals surface area contributed by atoms with Crippen molar-refractivity contribution in [2.75, 3.05) is 16.6 Å². The molecule has 2 aromatic rings. The summed E-state index contributed by atoms with van der Waals surface area (Å²) in [4.78, 5) is 22.2. The minimum absolute atomic E-state index is 0.186. The molecular weight excluding hydrogens is 499 g/mol. The molecule has 0 amide bonds. The first-order valence-corrected chi connectivity index (χ1v) is 14.5. The highest BCUT2D eigenvalue weighted by Crippen LogP contribution is 2.53. The normalized spacial score (nSPS) is 34.0. The highest BCUT2D eigenvalue weighted by Gasteiger charge is 2.49. The summed E-state index contributed by atoms with van der Waals surface area (Å²) in [5.74, 6) is 0.547. The number of hydrogen-bond acceptors (Lipinski definition) is 9. The van der Waals surface area contributed by atoms with Gasteiger partial charge in [0.2, 0.25) is 0 Å². The lowest BCUT2D eigenvalue weighted by Crippen LogP contribution is -2.36. The van der Waals surface area contributed by atoms with E-state index in [1.165, 1.54) is 23.7 Å². The Bertz CT molecular complexity index is 1240. The zero-order valence-electron chi connectivity index (χ0n) is 17.2. The third-order valence-corrected chi connectivity index (χ3v) is 10.5. The molecule has 15 heteroatoms. The molecule has 0 bridgehead atoms. The van der Waals surface area contributed by atoms with Crippen LogP contribution in [0.1, 0.15) is 25.5 Å². The molecule has 2 saturated carbocycles. The van der Waals surface area contributed by atoms with E-state index in [4.69, 9.17) is 26.1 Å². The quantitative estimate of drug-likeness (QED) is 0.251. The van der Waals surface area contributed by atoms with E-state index in [-0.39, 0.29) is 10.8 Å². The number of aliphatic hydroxyl groups is 2. The van der Waals surface area contributed by atoms with Crippen molar-refractivity contribution in [3.05, 3.63) is 17.4 Å². The van der Waals surface area contributed by atoms with Gasteiger partial charge in [-0.2, -0.15) is 5.10 Å². The number of aliphatic hydroxyl groups excluding tert-OH is 2. The number of nitrogens with zero attached hydrogens (tertiary/aromatic N) is 3. The fourth-order valence-corrected chi connectivity index (χ4v) is 8.44. The molecule has 7 atom stereocenters. The van der Waals surface area contributed by atoms with Crippen molar-refractivity contribution >= 4 is 45.8 Å². The molecule has 3 unspecified atom stereocenters. The van der Waals surface area contributed by atoms with Crippen LogP contribution in [0.2, 0.25) is 5.15 Å². The Hall–Kier alpha value is -1.31. The van der Waals surface area contributed by atoms with Gasteiger partial charge in [0.15, 0.2) is 27.2 Å². The molecule has 12 nitrogen and oxygen atoms in total. The second kappa shape index (κ2) is 8.13. The third kappa shape index (κ3) is 4.65. The third-order valence-electron chi connectivity index (χ3n) is 6.58. The van der Waals surface area contributed by atoms with Crippen LogP contribution < -0.4 is 5.32 Å². The van der Waals surface area contributed by atoms with Gasteiger partial charge in [0, 0.05) is 6.04 Å². The van der Waals surface area contributed by atoms with Gasteiger partial charge in [-0.05, 0) is 37.2 Å². The molecule has 5 rings (SSSR count). The van der Waals surface area contributed by atoms with E-state index in [2.05, 4.69) is 15.4 Å². The summed E-state index contributed by atoms with van der Waals surface area (Å²) in [7, 11) is -9.11. The Kier molecular flexibility index (Phi) is 5.77. The largest absolute Gasteiger partial charge is 0.387 e. The molecular formula is C18H24ClN4O8PS. The van der Waals surface area contributed by atoms with Crippen molar-refractivity contribution in [1.29, 1.82) is 0 Å². The van der Waals surface area contributed by atoms with Crippen LogP contribution in [0.4, 0.5) is 5.69 Å². The Morgan fingerprint density at radius 3 is 2.67 bits per heavy atom. The molecule has 3 aliphatic rings. The van der Waals surface area contributed by atoms with Gasteiger partial charge in [-0.1, -0.05) is 11.6 Å². The Labute approximate surface area is 194 Å². The average Bonchev–Trinajstić information content (AvgIpc) is 3.06. The number of ether oxygens (including phenoxy) is 1. The molecule has 33 heavy (non-hydrogen) atoms. The topological polar surface area (TPSA) is 184 Å². The number of pyridine rings is 1. The van der Waals surface area contributed by atoms with E-state index >= 15 is 0 Å². The lowest BCUT2D eigenvalue weighted by molar-refractivity contribution is -0.0364. The van der Waals surface area contributed by atoms with Crippen molar-refractivity contribution in [3.63, 3.8) is 0 Å². The monoisotopic (exact) mass is 522 g/mol. The smallest absolute Gasteiger partial charge is 0.340 e. The summed E-state index contributed by atoms with van der Waals surface area (Å²) < 4.78 is 42.2. The maximum atomic E-state index is 12.1. The van der Waals surface area contributed by atoms with E-state index in [9.17, 15) is 23.2 Å². The first-order valence-electron chi connectivity index (χ1n) is 10.5. The molecule has 182 valence electrons. The predicted molar refractivity (Wildman–Crippen MR) is 117 cm³/mol. The standard InChI is InChI=1S/C18H24ClN4O8PS/c19-14-4-12(21-11-2-1-8-3-9(8)11)10-5-20-23(17(10)22-14)18-16(25)15(24)13(31-18)6-33(29,30)7-32(26,27)28/h4-5,8-9,11,13,15-16,18,24-25H,1-3,6-7H2,(H,21,22)(H2,26,27,28)/t8?,9?,11?,13-,15-,16-,18-/m1/s1. The summed E-state index contributed by atoms with van der Waals surface area (Å²) in [5.41, 5.74) is -0.360. The van der Waals surface area contributed by atoms with Gasteiger partial charge >= 0.3 is 7.60 Å². The van der Waals surface area contributed by atoms with Crippen LogP contribution in [0.25, 0.3) is 11.0 Å². The Morgan fingerprint density at radius 2 is 2.03 bits per heavy atom. The van der Waals surface area contributed by atoms with Crippen molar-refractivity contribution < 1.29 is 37.7 Å². The average molecular weight is 523 g/mol. The second-order valence-electron chi connectivity index (χ2n) is 9.06. The number of hydrogen-bond donors (Lipinski definition) is 5. The number of anilines is 1. The van der Waals surface area contributed by atoms with Crippen LogP contribution in [0.15, 0.2) is 12.3 Å². The van der Waals surface area contributed by atoms with Crippen LogP contribution in [0.3, 0.4) is 0 Å². The van der Waals surface area contributed by atoms with Crippen LogP contribution in [0.5, 0.6) is 0 Å². The van der Waals surface area contributed by atoms with Gasteiger partial charge in [0.25, 0.3) is 0 Å². The van der Waals surface area contributed by atoms with Crippen molar-refractivity contribution in [2.45, 2.75) is 49.8 Å². The van der Waals surface area contributed by atoms with E-state index < -0.39 is 53.2 Å². The molecule has 3 heterocycles. The van der Waals surface area contributed by atoms with E-state index in [1.807, 2.05) is 0 Å². The van der Waals surface area contributed by atoms with Gasteiger partial charge in [-0.25, -0.2) is 18.1 Å². The lowest BCUT2D eigenvalue weighted by atomic mass is 10.1. The minimum atomic E-state index is -4.84. The van der Waals surface area contributed by atoms with Gasteiger partial charge in [-0.3, -0.25) is 4.57 Å². The molecule has 3 fully saturated rings. The summed E-state index contributed by atoms with van der Waals surface area (Å²) in [6.45, 7) is 0.